The first-order valence-corrected chi connectivity index (χ1v) is 5.30. The molecule has 0 spiro atoms. The standard InChI is InChI=1S/C11H10BrNO2/c1-15-6-8-5-11(14)9-4-7(12)2-3-10(9)13-8/h2-5H,6H2,1H3,(H,13,14). The Bertz CT molecular complexity index is 548. The number of halogens is 1. The van der Waals surface area contributed by atoms with Gasteiger partial charge in [-0.15, -0.1) is 0 Å². The van der Waals surface area contributed by atoms with Gasteiger partial charge in [0.1, 0.15) is 0 Å². The molecule has 0 bridgehead atoms. The molecule has 0 radical (unpaired) electrons. The van der Waals surface area contributed by atoms with Crippen LogP contribution in [0.1, 0.15) is 5.69 Å². The van der Waals surface area contributed by atoms with Crippen LogP contribution in [0.2, 0.25) is 0 Å². The second kappa shape index (κ2) is 4.16. The highest BCUT2D eigenvalue weighted by molar-refractivity contribution is 9.10. The summed E-state index contributed by atoms with van der Waals surface area (Å²) in [6.07, 6.45) is 0. The van der Waals surface area contributed by atoms with Crippen molar-refractivity contribution in [1.82, 2.24) is 4.98 Å². The fourth-order valence-corrected chi connectivity index (χ4v) is 1.87. The van der Waals surface area contributed by atoms with Crippen LogP contribution in [-0.2, 0) is 11.3 Å². The maximum atomic E-state index is 11.7. The number of hydrogen-bond donors (Lipinski definition) is 1. The van der Waals surface area contributed by atoms with Crippen molar-refractivity contribution in [3.05, 3.63) is 44.7 Å². The van der Waals surface area contributed by atoms with E-state index in [2.05, 4.69) is 20.9 Å². The molecule has 0 amide bonds. The predicted molar refractivity (Wildman–Crippen MR) is 63.0 cm³/mol. The monoisotopic (exact) mass is 267 g/mol. The van der Waals surface area contributed by atoms with E-state index in [0.717, 1.165) is 15.7 Å². The number of rotatable bonds is 2. The van der Waals surface area contributed by atoms with Crippen LogP contribution in [0.3, 0.4) is 0 Å². The molecule has 78 valence electrons. The average molecular weight is 268 g/mol. The Morgan fingerprint density at radius 2 is 2.20 bits per heavy atom. The van der Waals surface area contributed by atoms with E-state index in [9.17, 15) is 4.79 Å². The summed E-state index contributed by atoms with van der Waals surface area (Å²) >= 11 is 3.34. The van der Waals surface area contributed by atoms with E-state index in [1.807, 2.05) is 18.2 Å². The van der Waals surface area contributed by atoms with Crippen molar-refractivity contribution in [2.24, 2.45) is 0 Å². The van der Waals surface area contributed by atoms with Gasteiger partial charge in [0.25, 0.3) is 0 Å². The molecule has 0 aliphatic rings. The van der Waals surface area contributed by atoms with Crippen LogP contribution in [0.25, 0.3) is 10.9 Å². The summed E-state index contributed by atoms with van der Waals surface area (Å²) in [6, 6.07) is 7.15. The van der Waals surface area contributed by atoms with E-state index in [4.69, 9.17) is 4.74 Å². The van der Waals surface area contributed by atoms with Gasteiger partial charge in [-0.3, -0.25) is 4.79 Å². The highest BCUT2D eigenvalue weighted by atomic mass is 79.9. The third-order valence-electron chi connectivity index (χ3n) is 2.15. The first kappa shape index (κ1) is 10.4. The lowest BCUT2D eigenvalue weighted by molar-refractivity contribution is 0.181. The number of benzene rings is 1. The number of nitrogens with one attached hydrogen (secondary N) is 1. The van der Waals surface area contributed by atoms with Gasteiger partial charge in [0, 0.05) is 34.2 Å². The van der Waals surface area contributed by atoms with Crippen LogP contribution in [0.4, 0.5) is 0 Å². The molecule has 1 aromatic heterocycles. The Hall–Kier alpha value is -1.13. The number of hydrogen-bond acceptors (Lipinski definition) is 2. The third-order valence-corrected chi connectivity index (χ3v) is 2.64. The Labute approximate surface area is 95.2 Å². The number of aromatic amines is 1. The summed E-state index contributed by atoms with van der Waals surface area (Å²) < 4.78 is 5.88. The summed E-state index contributed by atoms with van der Waals surface area (Å²) in [6.45, 7) is 0.418. The number of aromatic nitrogens is 1. The molecule has 0 aliphatic carbocycles. The van der Waals surface area contributed by atoms with E-state index in [0.29, 0.717) is 12.0 Å². The van der Waals surface area contributed by atoms with Gasteiger partial charge in [-0.1, -0.05) is 15.9 Å². The lowest BCUT2D eigenvalue weighted by Gasteiger charge is -2.03. The summed E-state index contributed by atoms with van der Waals surface area (Å²) in [5, 5.41) is 0.684. The molecule has 3 nitrogen and oxygen atoms in total. The van der Waals surface area contributed by atoms with Crippen LogP contribution in [0, 0.1) is 0 Å². The highest BCUT2D eigenvalue weighted by Crippen LogP contribution is 2.15. The molecule has 0 atom stereocenters. The number of ether oxygens (including phenoxy) is 1. The minimum absolute atomic E-state index is 0.0112. The summed E-state index contributed by atoms with van der Waals surface area (Å²) in [5.41, 5.74) is 1.63. The van der Waals surface area contributed by atoms with Crippen molar-refractivity contribution in [3.8, 4) is 0 Å². The van der Waals surface area contributed by atoms with Gasteiger partial charge in [-0.25, -0.2) is 0 Å². The first-order chi connectivity index (χ1) is 7.20. The molecule has 15 heavy (non-hydrogen) atoms. The summed E-state index contributed by atoms with van der Waals surface area (Å²) in [7, 11) is 1.60. The van der Waals surface area contributed by atoms with E-state index >= 15 is 0 Å². The van der Waals surface area contributed by atoms with Gasteiger partial charge in [0.15, 0.2) is 5.43 Å². The lowest BCUT2D eigenvalue weighted by atomic mass is 10.2. The van der Waals surface area contributed by atoms with Crippen molar-refractivity contribution in [3.63, 3.8) is 0 Å². The van der Waals surface area contributed by atoms with E-state index in [1.54, 1.807) is 13.2 Å². The Morgan fingerprint density at radius 1 is 1.40 bits per heavy atom. The molecule has 0 unspecified atom stereocenters. The maximum Gasteiger partial charge on any atom is 0.189 e. The molecule has 1 aromatic carbocycles. The van der Waals surface area contributed by atoms with Gasteiger partial charge in [0.05, 0.1) is 6.61 Å². The van der Waals surface area contributed by atoms with Crippen LogP contribution >= 0.6 is 15.9 Å². The van der Waals surface area contributed by atoms with Crippen molar-refractivity contribution in [2.45, 2.75) is 6.61 Å². The van der Waals surface area contributed by atoms with Crippen LogP contribution in [0.5, 0.6) is 0 Å². The van der Waals surface area contributed by atoms with Gasteiger partial charge >= 0.3 is 0 Å². The zero-order chi connectivity index (χ0) is 10.8. The van der Waals surface area contributed by atoms with Crippen LogP contribution < -0.4 is 5.43 Å². The molecule has 2 aromatic rings. The normalized spacial score (nSPS) is 10.8. The van der Waals surface area contributed by atoms with Crippen molar-refractivity contribution in [1.29, 1.82) is 0 Å². The average Bonchev–Trinajstić information content (AvgIpc) is 2.20. The Kier molecular flexibility index (Phi) is 2.88. The van der Waals surface area contributed by atoms with Crippen LogP contribution in [-0.4, -0.2) is 12.1 Å². The number of fused-ring (bicyclic) bond motifs is 1. The molecule has 2 rings (SSSR count). The zero-order valence-electron chi connectivity index (χ0n) is 8.21. The fourth-order valence-electron chi connectivity index (χ4n) is 1.51. The van der Waals surface area contributed by atoms with Crippen molar-refractivity contribution < 1.29 is 4.74 Å². The Balaban J connectivity index is 2.67. The van der Waals surface area contributed by atoms with Gasteiger partial charge in [-0.05, 0) is 18.2 Å². The predicted octanol–water partition coefficient (Wildman–Crippen LogP) is 2.44. The minimum Gasteiger partial charge on any atom is -0.378 e. The molecule has 0 saturated carbocycles. The molecule has 0 saturated heterocycles. The smallest absolute Gasteiger partial charge is 0.189 e. The van der Waals surface area contributed by atoms with Gasteiger partial charge in [-0.2, -0.15) is 0 Å². The second-order valence-electron chi connectivity index (χ2n) is 3.28. The van der Waals surface area contributed by atoms with Crippen molar-refractivity contribution >= 4 is 26.8 Å². The van der Waals surface area contributed by atoms with Crippen molar-refractivity contribution in [2.75, 3.05) is 7.11 Å². The summed E-state index contributed by atoms with van der Waals surface area (Å²) in [4.78, 5) is 14.9. The molecule has 0 fully saturated rings. The fraction of sp³-hybridized carbons (Fsp3) is 0.182. The number of pyridine rings is 1. The lowest BCUT2D eigenvalue weighted by Crippen LogP contribution is -2.05. The topological polar surface area (TPSA) is 42.1 Å². The summed E-state index contributed by atoms with van der Waals surface area (Å²) in [5.74, 6) is 0. The SMILES string of the molecule is COCc1cc(=O)c2cc(Br)ccc2[nH]1. The van der Waals surface area contributed by atoms with E-state index < -0.39 is 0 Å². The molecule has 1 N–H and O–H groups in total. The minimum atomic E-state index is 0.0112. The Morgan fingerprint density at radius 3 is 2.93 bits per heavy atom. The maximum absolute atomic E-state index is 11.7. The highest BCUT2D eigenvalue weighted by Gasteiger charge is 2.02. The molecular formula is C11H10BrNO2. The largest absolute Gasteiger partial charge is 0.378 e. The molecule has 1 heterocycles. The molecule has 0 aliphatic heterocycles. The zero-order valence-corrected chi connectivity index (χ0v) is 9.80. The number of H-pyrrole nitrogens is 1. The first-order valence-electron chi connectivity index (χ1n) is 4.51. The van der Waals surface area contributed by atoms with E-state index in [-0.39, 0.29) is 5.43 Å². The quantitative estimate of drug-likeness (QED) is 0.908. The molecule has 4 heteroatoms. The van der Waals surface area contributed by atoms with E-state index in [1.165, 1.54) is 0 Å². The third kappa shape index (κ3) is 2.11. The van der Waals surface area contributed by atoms with Gasteiger partial charge in [0.2, 0.25) is 0 Å². The second-order valence-corrected chi connectivity index (χ2v) is 4.20. The number of methoxy groups -OCH3 is 1. The molecular weight excluding hydrogens is 258 g/mol. The van der Waals surface area contributed by atoms with Crippen LogP contribution in [0.15, 0.2) is 33.5 Å². The van der Waals surface area contributed by atoms with Gasteiger partial charge < -0.3 is 9.72 Å².